The van der Waals surface area contributed by atoms with Crippen molar-refractivity contribution in [2.75, 3.05) is 17.5 Å². The van der Waals surface area contributed by atoms with E-state index < -0.39 is 34.1 Å². The molecule has 0 bridgehead atoms. The molecule has 11 heteroatoms. The summed E-state index contributed by atoms with van der Waals surface area (Å²) < 4.78 is 34.2. The average molecular weight is 621 g/mol. The number of carbonyl (C=O) groups is 2. The molecule has 0 spiro atoms. The number of hydrogen-bond acceptors (Lipinski definition) is 5. The third-order valence-electron chi connectivity index (χ3n) is 6.05. The zero-order valence-electron chi connectivity index (χ0n) is 23.7. The minimum absolute atomic E-state index is 0.00302. The second kappa shape index (κ2) is 13.6. The minimum atomic E-state index is -4.16. The van der Waals surface area contributed by atoms with Gasteiger partial charge in [0.2, 0.25) is 11.8 Å². The molecule has 1 atom stereocenters. The Morgan fingerprint density at radius 2 is 1.59 bits per heavy atom. The van der Waals surface area contributed by atoms with Crippen molar-refractivity contribution in [2.45, 2.75) is 57.6 Å². The van der Waals surface area contributed by atoms with Gasteiger partial charge in [0.1, 0.15) is 18.3 Å². The van der Waals surface area contributed by atoms with Crippen LogP contribution in [-0.2, 0) is 26.2 Å². The van der Waals surface area contributed by atoms with Crippen molar-refractivity contribution in [1.29, 1.82) is 0 Å². The first-order valence-electron chi connectivity index (χ1n) is 13.1. The van der Waals surface area contributed by atoms with Gasteiger partial charge in [-0.15, -0.1) is 0 Å². The van der Waals surface area contributed by atoms with Crippen LogP contribution in [0, 0.1) is 0 Å². The molecule has 2 amide bonds. The Kier molecular flexibility index (Phi) is 10.7. The Hall–Kier alpha value is -3.27. The summed E-state index contributed by atoms with van der Waals surface area (Å²) in [6.45, 7) is 8.84. The first kappa shape index (κ1) is 32.2. The fourth-order valence-electron chi connectivity index (χ4n) is 4.02. The summed E-state index contributed by atoms with van der Waals surface area (Å²) in [4.78, 5) is 28.5. The van der Waals surface area contributed by atoms with E-state index in [1.54, 1.807) is 67.6 Å². The molecule has 3 aromatic rings. The van der Waals surface area contributed by atoms with Gasteiger partial charge in [-0.05, 0) is 88.7 Å². The number of ether oxygens (including phenoxy) is 1. The van der Waals surface area contributed by atoms with Crippen LogP contribution in [0.25, 0.3) is 0 Å². The number of hydrogen-bond donors (Lipinski definition) is 1. The van der Waals surface area contributed by atoms with Crippen LogP contribution >= 0.6 is 23.2 Å². The molecule has 0 fully saturated rings. The first-order valence-corrected chi connectivity index (χ1v) is 15.3. The van der Waals surface area contributed by atoms with Crippen LogP contribution < -0.4 is 14.4 Å². The van der Waals surface area contributed by atoms with Gasteiger partial charge in [-0.3, -0.25) is 13.9 Å². The molecule has 0 saturated carbocycles. The predicted molar refractivity (Wildman–Crippen MR) is 163 cm³/mol. The molecule has 0 heterocycles. The molecule has 0 saturated heterocycles. The molecule has 1 unspecified atom stereocenters. The lowest BCUT2D eigenvalue weighted by molar-refractivity contribution is -0.140. The van der Waals surface area contributed by atoms with Crippen LogP contribution in [0.1, 0.15) is 40.2 Å². The van der Waals surface area contributed by atoms with Gasteiger partial charge in [0.05, 0.1) is 27.2 Å². The molecule has 1 N–H and O–H groups in total. The molecule has 0 radical (unpaired) electrons. The molecular formula is C30H35Cl2N3O5S. The molecule has 0 aliphatic rings. The number of anilines is 1. The molecule has 0 aliphatic carbocycles. The Labute approximate surface area is 252 Å². The highest BCUT2D eigenvalue weighted by molar-refractivity contribution is 7.92. The highest BCUT2D eigenvalue weighted by Gasteiger charge is 2.33. The minimum Gasteiger partial charge on any atom is -0.494 e. The highest BCUT2D eigenvalue weighted by Crippen LogP contribution is 2.27. The number of amides is 2. The van der Waals surface area contributed by atoms with Crippen molar-refractivity contribution < 1.29 is 22.7 Å². The van der Waals surface area contributed by atoms with E-state index in [1.165, 1.54) is 17.0 Å². The topological polar surface area (TPSA) is 96.0 Å². The normalized spacial score (nSPS) is 12.4. The van der Waals surface area contributed by atoms with Gasteiger partial charge in [0.25, 0.3) is 10.0 Å². The summed E-state index contributed by atoms with van der Waals surface area (Å²) in [6.07, 6.45) is 0. The summed E-state index contributed by atoms with van der Waals surface area (Å²) >= 11 is 12.3. The molecule has 3 rings (SSSR count). The van der Waals surface area contributed by atoms with Gasteiger partial charge in [-0.25, -0.2) is 8.42 Å². The second-order valence-corrected chi connectivity index (χ2v) is 13.1. The van der Waals surface area contributed by atoms with Crippen LogP contribution in [0.3, 0.4) is 0 Å². The molecule has 3 aromatic carbocycles. The van der Waals surface area contributed by atoms with Gasteiger partial charge in [-0.1, -0.05) is 47.5 Å². The maximum Gasteiger partial charge on any atom is 0.264 e. The van der Waals surface area contributed by atoms with Crippen LogP contribution in [-0.4, -0.2) is 49.9 Å². The smallest absolute Gasteiger partial charge is 0.264 e. The number of benzene rings is 3. The van der Waals surface area contributed by atoms with E-state index in [-0.39, 0.29) is 23.0 Å². The molecule has 0 aromatic heterocycles. The van der Waals surface area contributed by atoms with Gasteiger partial charge >= 0.3 is 0 Å². The van der Waals surface area contributed by atoms with E-state index in [0.717, 1.165) is 4.31 Å². The van der Waals surface area contributed by atoms with Crippen molar-refractivity contribution >= 4 is 50.7 Å². The molecular weight excluding hydrogens is 585 g/mol. The van der Waals surface area contributed by atoms with Crippen LogP contribution in [0.15, 0.2) is 77.7 Å². The van der Waals surface area contributed by atoms with E-state index in [1.807, 2.05) is 27.7 Å². The summed E-state index contributed by atoms with van der Waals surface area (Å²) in [5, 5.41) is 3.54. The molecule has 220 valence electrons. The lowest BCUT2D eigenvalue weighted by atomic mass is 10.1. The Bertz CT molecular complexity index is 1460. The standard InChI is InChI=1S/C30H35Cl2N3O5S/c1-6-40-24-15-13-23(14-16-24)35(41(38,39)25-10-8-7-9-11-25)20-28(36)34(21(2)29(37)33-30(3,4)5)19-22-12-17-26(31)27(32)18-22/h7-18,21H,6,19-20H2,1-5H3,(H,33,37). The number of sulfonamides is 1. The quantitative estimate of drug-likeness (QED) is 0.287. The summed E-state index contributed by atoms with van der Waals surface area (Å²) in [7, 11) is -4.16. The third kappa shape index (κ3) is 8.61. The van der Waals surface area contributed by atoms with E-state index >= 15 is 0 Å². The largest absolute Gasteiger partial charge is 0.494 e. The van der Waals surface area contributed by atoms with Crippen LogP contribution in [0.2, 0.25) is 10.0 Å². The van der Waals surface area contributed by atoms with Crippen LogP contribution in [0.4, 0.5) is 5.69 Å². The van der Waals surface area contributed by atoms with Gasteiger partial charge in [-0.2, -0.15) is 0 Å². The van der Waals surface area contributed by atoms with Gasteiger partial charge in [0, 0.05) is 12.1 Å². The summed E-state index contributed by atoms with van der Waals surface area (Å²) in [6, 6.07) is 18.3. The van der Waals surface area contributed by atoms with Crippen LogP contribution in [0.5, 0.6) is 5.75 Å². The molecule has 0 aliphatic heterocycles. The summed E-state index contributed by atoms with van der Waals surface area (Å²) in [5.74, 6) is -0.404. The number of carbonyl (C=O) groups excluding carboxylic acids is 2. The zero-order valence-corrected chi connectivity index (χ0v) is 26.1. The average Bonchev–Trinajstić information content (AvgIpc) is 2.92. The summed E-state index contributed by atoms with van der Waals surface area (Å²) in [5.41, 5.74) is 0.350. The third-order valence-corrected chi connectivity index (χ3v) is 8.58. The fourth-order valence-corrected chi connectivity index (χ4v) is 5.77. The second-order valence-electron chi connectivity index (χ2n) is 10.4. The monoisotopic (exact) mass is 619 g/mol. The number of rotatable bonds is 11. The molecule has 41 heavy (non-hydrogen) atoms. The fraction of sp³-hybridized carbons (Fsp3) is 0.333. The number of nitrogens with zero attached hydrogens (tertiary/aromatic N) is 2. The lowest BCUT2D eigenvalue weighted by Gasteiger charge is -2.33. The van der Waals surface area contributed by atoms with E-state index in [9.17, 15) is 18.0 Å². The van der Waals surface area contributed by atoms with Crippen molar-refractivity contribution in [1.82, 2.24) is 10.2 Å². The number of nitrogens with one attached hydrogen (secondary N) is 1. The Morgan fingerprint density at radius 3 is 2.15 bits per heavy atom. The van der Waals surface area contributed by atoms with E-state index in [2.05, 4.69) is 5.32 Å². The number of halogens is 2. The van der Waals surface area contributed by atoms with Gasteiger partial charge < -0.3 is 15.0 Å². The lowest BCUT2D eigenvalue weighted by Crippen LogP contribution is -2.54. The predicted octanol–water partition coefficient (Wildman–Crippen LogP) is 5.92. The Morgan fingerprint density at radius 1 is 0.951 bits per heavy atom. The van der Waals surface area contributed by atoms with E-state index in [0.29, 0.717) is 28.0 Å². The van der Waals surface area contributed by atoms with Crippen molar-refractivity contribution in [3.63, 3.8) is 0 Å². The van der Waals surface area contributed by atoms with Crippen molar-refractivity contribution in [3.8, 4) is 5.75 Å². The van der Waals surface area contributed by atoms with Gasteiger partial charge in [0.15, 0.2) is 0 Å². The Balaban J connectivity index is 2.04. The van der Waals surface area contributed by atoms with Crippen molar-refractivity contribution in [3.05, 3.63) is 88.4 Å². The first-order chi connectivity index (χ1) is 19.2. The zero-order chi connectivity index (χ0) is 30.4. The SMILES string of the molecule is CCOc1ccc(N(CC(=O)N(Cc2ccc(Cl)c(Cl)c2)C(C)C(=O)NC(C)(C)C)S(=O)(=O)c2ccccc2)cc1. The molecule has 8 nitrogen and oxygen atoms in total. The maximum absolute atomic E-state index is 14.0. The van der Waals surface area contributed by atoms with E-state index in [4.69, 9.17) is 27.9 Å². The van der Waals surface area contributed by atoms with Crippen molar-refractivity contribution in [2.24, 2.45) is 0 Å². The highest BCUT2D eigenvalue weighted by atomic mass is 35.5. The maximum atomic E-state index is 14.0.